The maximum atomic E-state index is 11.9. The van der Waals surface area contributed by atoms with Crippen LogP contribution in [0.25, 0.3) is 0 Å². The highest BCUT2D eigenvalue weighted by molar-refractivity contribution is 9.10. The summed E-state index contributed by atoms with van der Waals surface area (Å²) in [6.07, 6.45) is 2.35. The Balaban J connectivity index is 2.16. The maximum absolute atomic E-state index is 11.9. The van der Waals surface area contributed by atoms with Crippen LogP contribution in [0.2, 0.25) is 0 Å². The zero-order chi connectivity index (χ0) is 14.8. The normalized spacial score (nSPS) is 11.1. The molecule has 1 amide bonds. The lowest BCUT2D eigenvalue weighted by Crippen LogP contribution is -2.14. The predicted molar refractivity (Wildman–Crippen MR) is 77.2 cm³/mol. The second-order valence-corrected chi connectivity index (χ2v) is 6.73. The molecule has 2 heterocycles. The minimum atomic E-state index is -3.35. The molecule has 0 bridgehead atoms. The molecule has 20 heavy (non-hydrogen) atoms. The lowest BCUT2D eigenvalue weighted by molar-refractivity contribution is 0.102. The molecule has 0 fully saturated rings. The molecule has 0 aromatic carbocycles. The van der Waals surface area contributed by atoms with Gasteiger partial charge in [0, 0.05) is 6.26 Å². The first kappa shape index (κ1) is 14.6. The number of sulfone groups is 1. The van der Waals surface area contributed by atoms with Crippen molar-refractivity contribution in [3.8, 4) is 0 Å². The first-order valence-electron chi connectivity index (χ1n) is 5.46. The van der Waals surface area contributed by atoms with Crippen molar-refractivity contribution in [2.75, 3.05) is 11.6 Å². The molecule has 2 aromatic rings. The first-order chi connectivity index (χ1) is 9.36. The number of carbonyl (C=O) groups excluding carboxylic acids is 1. The van der Waals surface area contributed by atoms with Gasteiger partial charge in [-0.1, -0.05) is 6.07 Å². The number of hydrogen-bond acceptors (Lipinski definition) is 5. The second kappa shape index (κ2) is 5.68. The highest BCUT2D eigenvalue weighted by Crippen LogP contribution is 2.12. The molecule has 6 nitrogen and oxygen atoms in total. The number of halogens is 1. The van der Waals surface area contributed by atoms with E-state index in [0.717, 1.165) is 6.26 Å². The van der Waals surface area contributed by atoms with Crippen molar-refractivity contribution >= 4 is 37.4 Å². The summed E-state index contributed by atoms with van der Waals surface area (Å²) < 4.78 is 23.1. The van der Waals surface area contributed by atoms with Crippen LogP contribution in [-0.2, 0) is 9.84 Å². The number of carbonyl (C=O) groups is 1. The van der Waals surface area contributed by atoms with Crippen molar-refractivity contribution in [3.63, 3.8) is 0 Å². The monoisotopic (exact) mass is 355 g/mol. The topological polar surface area (TPSA) is 89.0 Å². The Bertz CT molecular complexity index is 745. The van der Waals surface area contributed by atoms with Gasteiger partial charge in [-0.15, -0.1) is 0 Å². The number of anilines is 1. The van der Waals surface area contributed by atoms with E-state index in [4.69, 9.17) is 0 Å². The molecule has 104 valence electrons. The van der Waals surface area contributed by atoms with E-state index in [2.05, 4.69) is 31.2 Å². The average Bonchev–Trinajstić information content (AvgIpc) is 2.38. The van der Waals surface area contributed by atoms with Gasteiger partial charge in [-0.05, 0) is 40.2 Å². The van der Waals surface area contributed by atoms with Gasteiger partial charge < -0.3 is 5.32 Å². The third-order valence-electron chi connectivity index (χ3n) is 2.32. The molecule has 8 heteroatoms. The van der Waals surface area contributed by atoms with Crippen molar-refractivity contribution in [1.82, 2.24) is 9.97 Å². The summed E-state index contributed by atoms with van der Waals surface area (Å²) >= 11 is 3.18. The Morgan fingerprint density at radius 1 is 1.25 bits per heavy atom. The molecule has 0 atom stereocenters. The first-order valence-corrected chi connectivity index (χ1v) is 8.15. The van der Waals surface area contributed by atoms with Gasteiger partial charge >= 0.3 is 0 Å². The van der Waals surface area contributed by atoms with Gasteiger partial charge in [-0.25, -0.2) is 18.4 Å². The summed E-state index contributed by atoms with van der Waals surface area (Å²) in [5, 5.41) is 2.54. The molecule has 0 radical (unpaired) electrons. The summed E-state index contributed by atoms with van der Waals surface area (Å²) in [5.74, 6) is -0.403. The van der Waals surface area contributed by atoms with Crippen molar-refractivity contribution in [3.05, 3.63) is 46.8 Å². The van der Waals surface area contributed by atoms with E-state index in [9.17, 15) is 13.2 Å². The van der Waals surface area contributed by atoms with Crippen molar-refractivity contribution in [1.29, 1.82) is 0 Å². The molecule has 0 aliphatic carbocycles. The van der Waals surface area contributed by atoms with E-state index in [1.165, 1.54) is 18.3 Å². The molecule has 0 saturated carbocycles. The molecule has 1 N–H and O–H groups in total. The van der Waals surface area contributed by atoms with Gasteiger partial charge in [0.05, 0.1) is 11.9 Å². The standard InChI is InChI=1S/C12H10BrN3O3S/c1-20(18,19)11-6-5-8(7-14-11)15-12(17)9-3-2-4-10(13)16-9/h2-7H,1H3,(H,15,17). The third-order valence-corrected chi connectivity index (χ3v) is 3.76. The lowest BCUT2D eigenvalue weighted by Gasteiger charge is -2.05. The van der Waals surface area contributed by atoms with Crippen LogP contribution >= 0.6 is 15.9 Å². The summed E-state index contributed by atoms with van der Waals surface area (Å²) in [6.45, 7) is 0. The summed E-state index contributed by atoms with van der Waals surface area (Å²) in [4.78, 5) is 19.7. The van der Waals surface area contributed by atoms with Crippen LogP contribution in [0.1, 0.15) is 10.5 Å². The van der Waals surface area contributed by atoms with Crippen LogP contribution in [0, 0.1) is 0 Å². The number of amides is 1. The Kier molecular flexibility index (Phi) is 4.15. The van der Waals surface area contributed by atoms with E-state index in [0.29, 0.717) is 10.3 Å². The largest absolute Gasteiger partial charge is 0.319 e. The molecule has 0 aliphatic rings. The van der Waals surface area contributed by atoms with E-state index in [1.54, 1.807) is 18.2 Å². The van der Waals surface area contributed by atoms with Gasteiger partial charge in [0.25, 0.3) is 5.91 Å². The number of aromatic nitrogens is 2. The number of pyridine rings is 2. The minimum absolute atomic E-state index is 0.0453. The zero-order valence-corrected chi connectivity index (χ0v) is 12.8. The predicted octanol–water partition coefficient (Wildman–Crippen LogP) is 1.89. The van der Waals surface area contributed by atoms with Crippen LogP contribution < -0.4 is 5.32 Å². The van der Waals surface area contributed by atoms with Crippen molar-refractivity contribution in [2.24, 2.45) is 0 Å². The Hall–Kier alpha value is -1.80. The van der Waals surface area contributed by atoms with Crippen LogP contribution in [0.3, 0.4) is 0 Å². The Morgan fingerprint density at radius 2 is 2.00 bits per heavy atom. The molecule has 0 saturated heterocycles. The highest BCUT2D eigenvalue weighted by atomic mass is 79.9. The smallest absolute Gasteiger partial charge is 0.274 e. The van der Waals surface area contributed by atoms with E-state index in [1.807, 2.05) is 0 Å². The average molecular weight is 356 g/mol. The molecular weight excluding hydrogens is 346 g/mol. The fraction of sp³-hybridized carbons (Fsp3) is 0.0833. The van der Waals surface area contributed by atoms with E-state index >= 15 is 0 Å². The molecular formula is C12H10BrN3O3S. The number of hydrogen-bond donors (Lipinski definition) is 1. The van der Waals surface area contributed by atoms with Gasteiger partial charge in [-0.2, -0.15) is 0 Å². The fourth-order valence-electron chi connectivity index (χ4n) is 1.40. The number of rotatable bonds is 3. The Labute approximate surface area is 124 Å². The van der Waals surface area contributed by atoms with E-state index in [-0.39, 0.29) is 10.7 Å². The lowest BCUT2D eigenvalue weighted by atomic mass is 10.3. The SMILES string of the molecule is CS(=O)(=O)c1ccc(NC(=O)c2cccc(Br)n2)cn1. The second-order valence-electron chi connectivity index (χ2n) is 3.96. The number of nitrogens with zero attached hydrogens (tertiary/aromatic N) is 2. The summed E-state index contributed by atoms with van der Waals surface area (Å²) in [7, 11) is -3.35. The van der Waals surface area contributed by atoms with Crippen LogP contribution in [0.5, 0.6) is 0 Å². The molecule has 0 spiro atoms. The van der Waals surface area contributed by atoms with E-state index < -0.39 is 15.7 Å². The fourth-order valence-corrected chi connectivity index (χ4v) is 2.31. The third kappa shape index (κ3) is 3.61. The summed E-state index contributed by atoms with van der Waals surface area (Å²) in [6, 6.07) is 7.77. The maximum Gasteiger partial charge on any atom is 0.274 e. The molecule has 0 unspecified atom stereocenters. The quantitative estimate of drug-likeness (QED) is 0.849. The van der Waals surface area contributed by atoms with Gasteiger partial charge in [0.15, 0.2) is 14.9 Å². The van der Waals surface area contributed by atoms with Gasteiger partial charge in [0.2, 0.25) is 0 Å². The molecule has 2 aromatic heterocycles. The number of nitrogens with one attached hydrogen (secondary N) is 1. The zero-order valence-electron chi connectivity index (χ0n) is 10.4. The molecule has 2 rings (SSSR count). The van der Waals surface area contributed by atoms with Crippen LogP contribution in [0.15, 0.2) is 46.2 Å². The highest BCUT2D eigenvalue weighted by Gasteiger charge is 2.11. The molecule has 0 aliphatic heterocycles. The van der Waals surface area contributed by atoms with Crippen molar-refractivity contribution < 1.29 is 13.2 Å². The van der Waals surface area contributed by atoms with Gasteiger partial charge in [-0.3, -0.25) is 4.79 Å². The van der Waals surface area contributed by atoms with Gasteiger partial charge in [0.1, 0.15) is 10.3 Å². The van der Waals surface area contributed by atoms with Crippen LogP contribution in [0.4, 0.5) is 5.69 Å². The Morgan fingerprint density at radius 3 is 2.55 bits per heavy atom. The van der Waals surface area contributed by atoms with Crippen molar-refractivity contribution in [2.45, 2.75) is 5.03 Å². The summed E-state index contributed by atoms with van der Waals surface area (Å²) in [5.41, 5.74) is 0.635. The van der Waals surface area contributed by atoms with Crippen LogP contribution in [-0.4, -0.2) is 30.5 Å². The minimum Gasteiger partial charge on any atom is -0.319 e.